The molecule has 3 aromatic carbocycles. The summed E-state index contributed by atoms with van der Waals surface area (Å²) in [4.78, 5) is 18.3. The second-order valence-electron chi connectivity index (χ2n) is 11.6. The van der Waals surface area contributed by atoms with Gasteiger partial charge in [0.25, 0.3) is 5.91 Å². The molecule has 0 spiro atoms. The first kappa shape index (κ1) is 27.1. The highest BCUT2D eigenvalue weighted by molar-refractivity contribution is 7.08. The largest absolute Gasteiger partial charge is 0.390 e. The van der Waals surface area contributed by atoms with Crippen LogP contribution in [0.1, 0.15) is 53.1 Å². The Balaban J connectivity index is 1.09. The van der Waals surface area contributed by atoms with Crippen LogP contribution in [0, 0.1) is 11.7 Å². The van der Waals surface area contributed by atoms with Gasteiger partial charge in [0.1, 0.15) is 5.82 Å². The Labute approximate surface area is 240 Å². The SMILES string of the molecule is O=C(c1cccc2ccccc12)N1CC(CN2CCC(O)(CCCc3ccccc3F)CC2)C(c2ccsc2)C1. The summed E-state index contributed by atoms with van der Waals surface area (Å²) < 4.78 is 14.0. The number of fused-ring (bicyclic) bond motifs is 1. The van der Waals surface area contributed by atoms with Crippen LogP contribution in [-0.4, -0.2) is 59.1 Å². The molecule has 2 saturated heterocycles. The van der Waals surface area contributed by atoms with E-state index >= 15 is 0 Å². The predicted molar refractivity (Wildman–Crippen MR) is 160 cm³/mol. The number of thiophene rings is 1. The van der Waals surface area contributed by atoms with Gasteiger partial charge in [0.2, 0.25) is 0 Å². The topological polar surface area (TPSA) is 43.8 Å². The second kappa shape index (κ2) is 11.8. The first-order chi connectivity index (χ1) is 19.5. The molecule has 0 radical (unpaired) electrons. The number of aryl methyl sites for hydroxylation is 1. The molecule has 0 saturated carbocycles. The molecule has 40 heavy (non-hydrogen) atoms. The van der Waals surface area contributed by atoms with E-state index in [1.807, 2.05) is 42.5 Å². The number of carbonyl (C=O) groups excluding carboxylic acids is 1. The number of piperidine rings is 1. The molecule has 1 N–H and O–H groups in total. The van der Waals surface area contributed by atoms with E-state index in [-0.39, 0.29) is 11.7 Å². The normalized spacial score (nSPS) is 21.2. The van der Waals surface area contributed by atoms with Crippen molar-refractivity contribution in [2.45, 2.75) is 43.6 Å². The van der Waals surface area contributed by atoms with Gasteiger partial charge < -0.3 is 14.9 Å². The Kier molecular flexibility index (Phi) is 8.01. The quantitative estimate of drug-likeness (QED) is 0.261. The first-order valence-electron chi connectivity index (χ1n) is 14.5. The van der Waals surface area contributed by atoms with Crippen molar-refractivity contribution in [1.82, 2.24) is 9.80 Å². The van der Waals surface area contributed by atoms with Gasteiger partial charge in [-0.1, -0.05) is 54.6 Å². The number of benzene rings is 3. The minimum atomic E-state index is -0.680. The summed E-state index contributed by atoms with van der Waals surface area (Å²) in [6, 6.07) is 23.2. The van der Waals surface area contributed by atoms with Gasteiger partial charge in [-0.05, 0) is 88.9 Å². The molecule has 4 aromatic rings. The van der Waals surface area contributed by atoms with Crippen molar-refractivity contribution in [2.75, 3.05) is 32.7 Å². The van der Waals surface area contributed by atoms with E-state index in [0.717, 1.165) is 73.9 Å². The van der Waals surface area contributed by atoms with E-state index in [9.17, 15) is 14.3 Å². The number of likely N-dealkylation sites (tertiary alicyclic amines) is 2. The number of carbonyl (C=O) groups is 1. The minimum Gasteiger partial charge on any atom is -0.390 e. The Bertz CT molecular complexity index is 1440. The van der Waals surface area contributed by atoms with Crippen LogP contribution >= 0.6 is 11.3 Å². The highest BCUT2D eigenvalue weighted by Gasteiger charge is 2.39. The highest BCUT2D eigenvalue weighted by Crippen LogP contribution is 2.37. The molecule has 0 aliphatic carbocycles. The molecule has 2 fully saturated rings. The summed E-state index contributed by atoms with van der Waals surface area (Å²) in [5.41, 5.74) is 2.15. The molecule has 208 valence electrons. The molecule has 0 bridgehead atoms. The highest BCUT2D eigenvalue weighted by atomic mass is 32.1. The van der Waals surface area contributed by atoms with Gasteiger partial charge in [0.15, 0.2) is 0 Å². The standard InChI is InChI=1S/C34H37FN2O2S/c35-32-13-4-2-8-26(32)10-6-15-34(39)16-18-36(19-17-34)21-28-22-37(23-31(28)27-14-20-40-24-27)33(38)30-12-5-9-25-7-1-3-11-29(25)30/h1-5,7-9,11-14,20,24,28,31,39H,6,10,15-19,21-23H2. The van der Waals surface area contributed by atoms with Crippen molar-refractivity contribution in [3.8, 4) is 0 Å². The molecular formula is C34H37FN2O2S. The maximum absolute atomic E-state index is 14.0. The lowest BCUT2D eigenvalue weighted by molar-refractivity contribution is -0.0315. The van der Waals surface area contributed by atoms with E-state index in [0.29, 0.717) is 24.7 Å². The number of aliphatic hydroxyl groups is 1. The van der Waals surface area contributed by atoms with Gasteiger partial charge in [-0.3, -0.25) is 4.79 Å². The maximum Gasteiger partial charge on any atom is 0.254 e. The fourth-order valence-corrected chi connectivity index (χ4v) is 7.44. The summed E-state index contributed by atoms with van der Waals surface area (Å²) in [5, 5.41) is 17.7. The van der Waals surface area contributed by atoms with Gasteiger partial charge in [0.05, 0.1) is 5.60 Å². The monoisotopic (exact) mass is 556 g/mol. The van der Waals surface area contributed by atoms with Crippen LogP contribution in [0.15, 0.2) is 83.6 Å². The summed E-state index contributed by atoms with van der Waals surface area (Å²) in [7, 11) is 0. The van der Waals surface area contributed by atoms with Crippen molar-refractivity contribution >= 4 is 28.0 Å². The molecule has 6 rings (SSSR count). The van der Waals surface area contributed by atoms with E-state index < -0.39 is 5.60 Å². The molecule has 2 aliphatic heterocycles. The summed E-state index contributed by atoms with van der Waals surface area (Å²) >= 11 is 1.72. The van der Waals surface area contributed by atoms with Crippen LogP contribution < -0.4 is 0 Å². The molecule has 1 amide bonds. The lowest BCUT2D eigenvalue weighted by Gasteiger charge is -2.39. The molecule has 6 heteroatoms. The van der Waals surface area contributed by atoms with Crippen LogP contribution in [0.2, 0.25) is 0 Å². The third-order valence-corrected chi connectivity index (χ3v) is 9.75. The summed E-state index contributed by atoms with van der Waals surface area (Å²) in [5.74, 6) is 0.615. The van der Waals surface area contributed by atoms with E-state index in [2.05, 4.69) is 38.8 Å². The van der Waals surface area contributed by atoms with Crippen LogP contribution in [0.25, 0.3) is 10.8 Å². The lowest BCUT2D eigenvalue weighted by atomic mass is 9.84. The predicted octanol–water partition coefficient (Wildman–Crippen LogP) is 6.75. The van der Waals surface area contributed by atoms with Crippen molar-refractivity contribution in [2.24, 2.45) is 5.92 Å². The van der Waals surface area contributed by atoms with Gasteiger partial charge in [-0.2, -0.15) is 11.3 Å². The van der Waals surface area contributed by atoms with E-state index in [1.54, 1.807) is 17.4 Å². The Morgan fingerprint density at radius 3 is 2.55 bits per heavy atom. The van der Waals surface area contributed by atoms with Crippen molar-refractivity contribution in [1.29, 1.82) is 0 Å². The Morgan fingerprint density at radius 2 is 1.75 bits per heavy atom. The second-order valence-corrected chi connectivity index (χ2v) is 12.4. The minimum absolute atomic E-state index is 0.113. The zero-order valence-electron chi connectivity index (χ0n) is 22.8. The Morgan fingerprint density at radius 1 is 0.975 bits per heavy atom. The summed E-state index contributed by atoms with van der Waals surface area (Å²) in [6.07, 6.45) is 3.61. The number of hydrogen-bond donors (Lipinski definition) is 1. The average molecular weight is 557 g/mol. The van der Waals surface area contributed by atoms with Crippen LogP contribution in [0.3, 0.4) is 0 Å². The van der Waals surface area contributed by atoms with Crippen molar-refractivity contribution in [3.63, 3.8) is 0 Å². The smallest absolute Gasteiger partial charge is 0.254 e. The number of amides is 1. The van der Waals surface area contributed by atoms with Crippen LogP contribution in [-0.2, 0) is 6.42 Å². The third-order valence-electron chi connectivity index (χ3n) is 9.05. The van der Waals surface area contributed by atoms with Gasteiger partial charge in [0, 0.05) is 44.2 Å². The number of nitrogens with zero attached hydrogens (tertiary/aromatic N) is 2. The summed E-state index contributed by atoms with van der Waals surface area (Å²) in [6.45, 7) is 4.09. The fraction of sp³-hybridized carbons (Fsp3) is 0.382. The zero-order valence-corrected chi connectivity index (χ0v) is 23.7. The first-order valence-corrected chi connectivity index (χ1v) is 15.4. The fourth-order valence-electron chi connectivity index (χ4n) is 6.71. The molecule has 2 aliphatic rings. The van der Waals surface area contributed by atoms with Gasteiger partial charge >= 0.3 is 0 Å². The number of rotatable bonds is 8. The number of halogens is 1. The zero-order chi connectivity index (χ0) is 27.5. The van der Waals surface area contributed by atoms with Gasteiger partial charge in [-0.25, -0.2) is 4.39 Å². The van der Waals surface area contributed by atoms with Crippen LogP contribution in [0.4, 0.5) is 4.39 Å². The lowest BCUT2D eigenvalue weighted by Crippen LogP contribution is -2.46. The maximum atomic E-state index is 14.0. The Hall–Kier alpha value is -3.06. The molecule has 3 heterocycles. The van der Waals surface area contributed by atoms with Gasteiger partial charge in [-0.15, -0.1) is 0 Å². The van der Waals surface area contributed by atoms with E-state index in [4.69, 9.17) is 0 Å². The van der Waals surface area contributed by atoms with E-state index in [1.165, 1.54) is 11.6 Å². The average Bonchev–Trinajstić information content (AvgIpc) is 3.65. The molecule has 4 nitrogen and oxygen atoms in total. The van der Waals surface area contributed by atoms with Crippen molar-refractivity contribution in [3.05, 3.63) is 106 Å². The molecule has 2 unspecified atom stereocenters. The molecule has 1 aromatic heterocycles. The third kappa shape index (κ3) is 5.85. The number of hydrogen-bond acceptors (Lipinski definition) is 4. The molecular weight excluding hydrogens is 519 g/mol. The molecule has 2 atom stereocenters. The van der Waals surface area contributed by atoms with Crippen molar-refractivity contribution < 1.29 is 14.3 Å². The van der Waals surface area contributed by atoms with Crippen LogP contribution in [0.5, 0.6) is 0 Å².